The molecule has 0 radical (unpaired) electrons. The number of piperazine rings is 1. The third-order valence-electron chi connectivity index (χ3n) is 5.26. The average molecular weight is 501 g/mol. The van der Waals surface area contributed by atoms with Gasteiger partial charge in [-0.1, -0.05) is 19.1 Å². The van der Waals surface area contributed by atoms with Gasteiger partial charge in [-0.2, -0.15) is 17.0 Å². The third-order valence-corrected chi connectivity index (χ3v) is 9.14. The van der Waals surface area contributed by atoms with Crippen LogP contribution in [0.3, 0.4) is 0 Å². The van der Waals surface area contributed by atoms with Crippen LogP contribution in [0.5, 0.6) is 0 Å². The molecule has 2 heterocycles. The summed E-state index contributed by atoms with van der Waals surface area (Å²) in [5, 5.41) is 0. The van der Waals surface area contributed by atoms with E-state index in [1.165, 1.54) is 51.5 Å². The van der Waals surface area contributed by atoms with Crippen molar-refractivity contribution in [1.29, 1.82) is 0 Å². The van der Waals surface area contributed by atoms with Crippen molar-refractivity contribution in [3.8, 4) is 0 Å². The minimum Gasteiger partial charge on any atom is -0.338 e. The molecule has 0 atom stereocenters. The Bertz CT molecular complexity index is 1130. The summed E-state index contributed by atoms with van der Waals surface area (Å²) in [5.41, 5.74) is 0.948. The molecule has 0 N–H and O–H groups in total. The molecule has 3 rings (SSSR count). The van der Waals surface area contributed by atoms with Crippen molar-refractivity contribution in [1.82, 2.24) is 18.6 Å². The van der Waals surface area contributed by atoms with Gasteiger partial charge in [-0.05, 0) is 24.1 Å². The second-order valence-electron chi connectivity index (χ2n) is 7.87. The molecule has 0 aliphatic carbocycles. The highest BCUT2D eigenvalue weighted by atomic mass is 32.2. The number of benzene rings is 1. The zero-order chi connectivity index (χ0) is 24.2. The molecular weight excluding hydrogens is 471 g/mol. The molecule has 1 saturated heterocycles. The van der Waals surface area contributed by atoms with E-state index in [4.69, 9.17) is 0 Å². The van der Waals surface area contributed by atoms with E-state index < -0.39 is 26.0 Å². The first kappa shape index (κ1) is 25.3. The quantitative estimate of drug-likeness (QED) is 0.511. The number of hydrogen-bond donors (Lipinski definition) is 0. The van der Waals surface area contributed by atoms with Crippen molar-refractivity contribution in [2.75, 3.05) is 55.2 Å². The number of hydrogen-bond acceptors (Lipinski definition) is 7. The fourth-order valence-electron chi connectivity index (χ4n) is 3.43. The van der Waals surface area contributed by atoms with Gasteiger partial charge < -0.3 is 4.90 Å². The van der Waals surface area contributed by atoms with E-state index >= 15 is 0 Å². The van der Waals surface area contributed by atoms with Gasteiger partial charge in [0.15, 0.2) is 0 Å². The Labute approximate surface area is 194 Å². The molecule has 0 amide bonds. The largest absolute Gasteiger partial charge is 0.338 e. The van der Waals surface area contributed by atoms with E-state index in [-0.39, 0.29) is 12.3 Å². The molecule has 10 nitrogen and oxygen atoms in total. The Morgan fingerprint density at radius 2 is 1.55 bits per heavy atom. The van der Waals surface area contributed by atoms with Crippen LogP contribution in [-0.2, 0) is 26.8 Å². The van der Waals surface area contributed by atoms with Crippen LogP contribution >= 0.6 is 0 Å². The Morgan fingerprint density at radius 3 is 2.06 bits per heavy atom. The number of aromatic nitrogens is 2. The minimum atomic E-state index is -3.64. The summed E-state index contributed by atoms with van der Waals surface area (Å²) in [4.78, 5) is 10.5. The van der Waals surface area contributed by atoms with E-state index in [2.05, 4.69) is 9.97 Å². The summed E-state index contributed by atoms with van der Waals surface area (Å²) in [7, 11) is -4.12. The molecule has 33 heavy (non-hydrogen) atoms. The molecule has 1 aliphatic rings. The topological polar surface area (TPSA) is 107 Å². The Morgan fingerprint density at radius 1 is 0.970 bits per heavy atom. The maximum absolute atomic E-state index is 13.3. The van der Waals surface area contributed by atoms with Gasteiger partial charge in [0.2, 0.25) is 16.0 Å². The Kier molecular flexibility index (Phi) is 7.88. The first-order valence-electron chi connectivity index (χ1n) is 10.5. The molecule has 0 unspecified atom stereocenters. The number of sulfonamides is 1. The van der Waals surface area contributed by atoms with Gasteiger partial charge in [-0.15, -0.1) is 0 Å². The van der Waals surface area contributed by atoms with Crippen molar-refractivity contribution in [3.63, 3.8) is 0 Å². The Balaban J connectivity index is 1.77. The summed E-state index contributed by atoms with van der Waals surface area (Å²) >= 11 is 0. The predicted octanol–water partition coefficient (Wildman–Crippen LogP) is 1.29. The minimum absolute atomic E-state index is 0.0341. The SMILES string of the molecule is CCCS(=O)(=O)N(Cc1ccc(F)cc1)c1cnc(N2CCN(S(=O)(=O)N(C)C)CC2)nc1. The van der Waals surface area contributed by atoms with Crippen molar-refractivity contribution in [2.45, 2.75) is 19.9 Å². The van der Waals surface area contributed by atoms with Crippen molar-refractivity contribution in [2.24, 2.45) is 0 Å². The molecule has 2 aromatic rings. The summed E-state index contributed by atoms with van der Waals surface area (Å²) < 4.78 is 67.4. The van der Waals surface area contributed by atoms with E-state index in [0.717, 1.165) is 0 Å². The molecule has 1 aliphatic heterocycles. The predicted molar refractivity (Wildman–Crippen MR) is 125 cm³/mol. The van der Waals surface area contributed by atoms with Crippen molar-refractivity contribution < 1.29 is 21.2 Å². The monoisotopic (exact) mass is 500 g/mol. The fraction of sp³-hybridized carbons (Fsp3) is 0.500. The molecule has 182 valence electrons. The maximum Gasteiger partial charge on any atom is 0.281 e. The average Bonchev–Trinajstić information content (AvgIpc) is 2.78. The van der Waals surface area contributed by atoms with Gasteiger partial charge in [-0.25, -0.2) is 22.8 Å². The third kappa shape index (κ3) is 5.96. The van der Waals surface area contributed by atoms with Crippen LogP contribution in [0.15, 0.2) is 36.7 Å². The van der Waals surface area contributed by atoms with Crippen LogP contribution in [0.1, 0.15) is 18.9 Å². The molecular formula is C20H29FN6O4S2. The standard InChI is InChI=1S/C20H29FN6O4S2/c1-4-13-32(28,29)27(16-17-5-7-18(21)8-6-17)19-14-22-20(23-15-19)25-9-11-26(12-10-25)33(30,31)24(2)3/h5-8,14-15H,4,9-13,16H2,1-3H3. The van der Waals surface area contributed by atoms with Gasteiger partial charge in [0, 0.05) is 40.3 Å². The van der Waals surface area contributed by atoms with Crippen LogP contribution in [0.2, 0.25) is 0 Å². The molecule has 1 fully saturated rings. The normalized spacial score (nSPS) is 15.7. The number of anilines is 2. The number of rotatable bonds is 9. The molecule has 0 bridgehead atoms. The molecule has 0 saturated carbocycles. The van der Waals surface area contributed by atoms with Gasteiger partial charge in [-0.3, -0.25) is 4.31 Å². The van der Waals surface area contributed by atoms with Gasteiger partial charge >= 0.3 is 0 Å². The number of halogens is 1. The summed E-state index contributed by atoms with van der Waals surface area (Å²) in [6, 6.07) is 5.66. The van der Waals surface area contributed by atoms with Crippen LogP contribution in [0.4, 0.5) is 16.0 Å². The van der Waals surface area contributed by atoms with E-state index in [1.807, 2.05) is 4.90 Å². The molecule has 1 aromatic heterocycles. The van der Waals surface area contributed by atoms with Crippen LogP contribution < -0.4 is 9.21 Å². The van der Waals surface area contributed by atoms with Crippen LogP contribution in [0, 0.1) is 5.82 Å². The summed E-state index contributed by atoms with van der Waals surface area (Å²) in [5.74, 6) is -0.0405. The molecule has 13 heteroatoms. The summed E-state index contributed by atoms with van der Waals surface area (Å²) in [6.07, 6.45) is 3.34. The lowest BCUT2D eigenvalue weighted by Crippen LogP contribution is -2.52. The fourth-order valence-corrected chi connectivity index (χ4v) is 6.01. The lowest BCUT2D eigenvalue weighted by molar-refractivity contribution is 0.354. The van der Waals surface area contributed by atoms with Gasteiger partial charge in [0.25, 0.3) is 10.2 Å². The zero-order valence-electron chi connectivity index (χ0n) is 18.9. The highest BCUT2D eigenvalue weighted by Gasteiger charge is 2.30. The molecule has 0 spiro atoms. The highest BCUT2D eigenvalue weighted by Crippen LogP contribution is 2.23. The highest BCUT2D eigenvalue weighted by molar-refractivity contribution is 7.92. The van der Waals surface area contributed by atoms with E-state index in [1.54, 1.807) is 19.1 Å². The van der Waals surface area contributed by atoms with Crippen LogP contribution in [-0.4, -0.2) is 81.4 Å². The first-order chi connectivity index (χ1) is 15.5. The summed E-state index contributed by atoms with van der Waals surface area (Å²) in [6.45, 7) is 3.25. The first-order valence-corrected chi connectivity index (χ1v) is 13.5. The van der Waals surface area contributed by atoms with Crippen molar-refractivity contribution >= 4 is 31.9 Å². The second-order valence-corrected chi connectivity index (χ2v) is 12.0. The van der Waals surface area contributed by atoms with Crippen molar-refractivity contribution in [3.05, 3.63) is 48.0 Å². The van der Waals surface area contributed by atoms with E-state index in [0.29, 0.717) is 49.8 Å². The van der Waals surface area contributed by atoms with Gasteiger partial charge in [0.1, 0.15) is 5.82 Å². The lowest BCUT2D eigenvalue weighted by Gasteiger charge is -2.35. The lowest BCUT2D eigenvalue weighted by atomic mass is 10.2. The zero-order valence-corrected chi connectivity index (χ0v) is 20.6. The van der Waals surface area contributed by atoms with Gasteiger partial charge in [0.05, 0.1) is 30.4 Å². The van der Waals surface area contributed by atoms with E-state index in [9.17, 15) is 21.2 Å². The maximum atomic E-state index is 13.3. The second kappa shape index (κ2) is 10.3. The van der Waals surface area contributed by atoms with Crippen LogP contribution in [0.25, 0.3) is 0 Å². The molecule has 1 aromatic carbocycles. The smallest absolute Gasteiger partial charge is 0.281 e. The number of nitrogens with zero attached hydrogens (tertiary/aromatic N) is 6. The Hall–Kier alpha value is -2.35.